The number of likely N-dealkylation sites (tertiary alicyclic amines) is 1. The summed E-state index contributed by atoms with van der Waals surface area (Å²) in [5.74, 6) is -0.872. The molecule has 3 rings (SSSR count). The molecular formula is C18H24N2O3. The predicted octanol–water partition coefficient (Wildman–Crippen LogP) is 1.97. The molecule has 1 aliphatic carbocycles. The van der Waals surface area contributed by atoms with Crippen LogP contribution in [0.25, 0.3) is 0 Å². The number of piperidine rings is 1. The van der Waals surface area contributed by atoms with Gasteiger partial charge in [0, 0.05) is 18.5 Å². The molecule has 1 heterocycles. The van der Waals surface area contributed by atoms with E-state index in [2.05, 4.69) is 17.0 Å². The van der Waals surface area contributed by atoms with Crippen LogP contribution in [0.4, 0.5) is 0 Å². The van der Waals surface area contributed by atoms with E-state index in [1.54, 1.807) is 4.90 Å². The quantitative estimate of drug-likeness (QED) is 0.872. The first-order valence-corrected chi connectivity index (χ1v) is 8.42. The van der Waals surface area contributed by atoms with Crippen molar-refractivity contribution in [1.29, 1.82) is 0 Å². The molecule has 0 aromatic heterocycles. The monoisotopic (exact) mass is 316 g/mol. The molecule has 1 aliphatic heterocycles. The van der Waals surface area contributed by atoms with Crippen molar-refractivity contribution < 1.29 is 14.7 Å². The molecule has 2 fully saturated rings. The third kappa shape index (κ3) is 4.32. The Morgan fingerprint density at radius 1 is 1.09 bits per heavy atom. The van der Waals surface area contributed by atoms with Gasteiger partial charge in [0.05, 0.1) is 0 Å². The standard InChI is InChI=1S/C18H24N2O3/c21-17(22)13-20(16-6-7-16)18(23)15-8-10-19(11-9-15)12-14-4-2-1-3-5-14/h1-5,15-16H,6-13H2,(H,21,22). The lowest BCUT2D eigenvalue weighted by Crippen LogP contribution is -2.45. The summed E-state index contributed by atoms with van der Waals surface area (Å²) < 4.78 is 0. The zero-order valence-corrected chi connectivity index (χ0v) is 13.4. The van der Waals surface area contributed by atoms with E-state index in [0.717, 1.165) is 45.3 Å². The molecule has 1 saturated carbocycles. The Hall–Kier alpha value is -1.88. The van der Waals surface area contributed by atoms with Crippen LogP contribution in [-0.4, -0.2) is 52.5 Å². The molecule has 0 atom stereocenters. The third-order valence-electron chi connectivity index (χ3n) is 4.76. The second-order valence-electron chi connectivity index (χ2n) is 6.63. The van der Waals surface area contributed by atoms with Crippen molar-refractivity contribution >= 4 is 11.9 Å². The van der Waals surface area contributed by atoms with Crippen molar-refractivity contribution in [2.45, 2.75) is 38.3 Å². The van der Waals surface area contributed by atoms with Gasteiger partial charge in [-0.15, -0.1) is 0 Å². The van der Waals surface area contributed by atoms with E-state index in [0.29, 0.717) is 0 Å². The highest BCUT2D eigenvalue weighted by Crippen LogP contribution is 2.30. The van der Waals surface area contributed by atoms with E-state index < -0.39 is 5.97 Å². The minimum atomic E-state index is -0.910. The normalized spacial score (nSPS) is 19.5. The molecule has 1 aromatic carbocycles. The van der Waals surface area contributed by atoms with Crippen LogP contribution in [0.5, 0.6) is 0 Å². The van der Waals surface area contributed by atoms with Gasteiger partial charge in [0.25, 0.3) is 0 Å². The number of carboxylic acid groups (broad SMARTS) is 1. The molecule has 0 spiro atoms. The van der Waals surface area contributed by atoms with Crippen LogP contribution in [0.15, 0.2) is 30.3 Å². The highest BCUT2D eigenvalue weighted by atomic mass is 16.4. The van der Waals surface area contributed by atoms with E-state index >= 15 is 0 Å². The van der Waals surface area contributed by atoms with Gasteiger partial charge in [-0.05, 0) is 44.3 Å². The number of benzene rings is 1. The van der Waals surface area contributed by atoms with E-state index in [9.17, 15) is 9.59 Å². The molecule has 0 bridgehead atoms. The Balaban J connectivity index is 1.51. The molecule has 1 aromatic rings. The topological polar surface area (TPSA) is 60.9 Å². The van der Waals surface area contributed by atoms with Crippen molar-refractivity contribution in [3.8, 4) is 0 Å². The fraction of sp³-hybridized carbons (Fsp3) is 0.556. The summed E-state index contributed by atoms with van der Waals surface area (Å²) in [6.07, 6.45) is 3.56. The number of amides is 1. The molecule has 1 saturated heterocycles. The van der Waals surface area contributed by atoms with Gasteiger partial charge in [0.2, 0.25) is 5.91 Å². The lowest BCUT2D eigenvalue weighted by molar-refractivity contribution is -0.147. The molecule has 5 nitrogen and oxygen atoms in total. The van der Waals surface area contributed by atoms with Crippen LogP contribution in [0.2, 0.25) is 0 Å². The average molecular weight is 316 g/mol. The maximum Gasteiger partial charge on any atom is 0.323 e. The van der Waals surface area contributed by atoms with Crippen molar-refractivity contribution in [3.05, 3.63) is 35.9 Å². The molecule has 1 N–H and O–H groups in total. The van der Waals surface area contributed by atoms with Crippen molar-refractivity contribution in [1.82, 2.24) is 9.80 Å². The zero-order valence-electron chi connectivity index (χ0n) is 13.4. The second-order valence-corrected chi connectivity index (χ2v) is 6.63. The van der Waals surface area contributed by atoms with Gasteiger partial charge in [-0.25, -0.2) is 0 Å². The summed E-state index contributed by atoms with van der Waals surface area (Å²) in [5, 5.41) is 9.01. The molecule has 0 radical (unpaired) electrons. The summed E-state index contributed by atoms with van der Waals surface area (Å²) in [5.41, 5.74) is 1.29. The maximum atomic E-state index is 12.6. The number of hydrogen-bond donors (Lipinski definition) is 1. The molecule has 1 amide bonds. The van der Waals surface area contributed by atoms with Crippen molar-refractivity contribution in [2.24, 2.45) is 5.92 Å². The summed E-state index contributed by atoms with van der Waals surface area (Å²) in [7, 11) is 0. The maximum absolute atomic E-state index is 12.6. The number of hydrogen-bond acceptors (Lipinski definition) is 3. The number of nitrogens with zero attached hydrogens (tertiary/aromatic N) is 2. The van der Waals surface area contributed by atoms with Crippen LogP contribution in [-0.2, 0) is 16.1 Å². The van der Waals surface area contributed by atoms with Gasteiger partial charge in [-0.2, -0.15) is 0 Å². The van der Waals surface area contributed by atoms with Crippen LogP contribution in [0.3, 0.4) is 0 Å². The zero-order chi connectivity index (χ0) is 16.2. The second kappa shape index (κ2) is 7.13. The highest BCUT2D eigenvalue weighted by Gasteiger charge is 2.37. The van der Waals surface area contributed by atoms with E-state index in [1.807, 2.05) is 18.2 Å². The van der Waals surface area contributed by atoms with Crippen molar-refractivity contribution in [2.75, 3.05) is 19.6 Å². The Morgan fingerprint density at radius 2 is 1.74 bits per heavy atom. The van der Waals surface area contributed by atoms with Gasteiger partial charge in [0.1, 0.15) is 6.54 Å². The Morgan fingerprint density at radius 3 is 2.30 bits per heavy atom. The fourth-order valence-electron chi connectivity index (χ4n) is 3.33. The van der Waals surface area contributed by atoms with E-state index in [-0.39, 0.29) is 24.4 Å². The first kappa shape index (κ1) is 16.0. The Bertz CT molecular complexity index is 549. The van der Waals surface area contributed by atoms with Gasteiger partial charge in [-0.1, -0.05) is 30.3 Å². The number of carboxylic acids is 1. The van der Waals surface area contributed by atoms with Gasteiger partial charge in [-0.3, -0.25) is 14.5 Å². The van der Waals surface area contributed by atoms with E-state index in [4.69, 9.17) is 5.11 Å². The smallest absolute Gasteiger partial charge is 0.323 e. The first-order chi connectivity index (χ1) is 11.1. The largest absolute Gasteiger partial charge is 0.480 e. The van der Waals surface area contributed by atoms with Crippen LogP contribution >= 0.6 is 0 Å². The molecule has 124 valence electrons. The summed E-state index contributed by atoms with van der Waals surface area (Å²) in [6, 6.07) is 10.5. The molecule has 5 heteroatoms. The van der Waals surface area contributed by atoms with Crippen LogP contribution in [0.1, 0.15) is 31.2 Å². The van der Waals surface area contributed by atoms with E-state index in [1.165, 1.54) is 5.56 Å². The lowest BCUT2D eigenvalue weighted by atomic mass is 9.94. The number of carbonyl (C=O) groups excluding carboxylic acids is 1. The highest BCUT2D eigenvalue weighted by molar-refractivity contribution is 5.83. The van der Waals surface area contributed by atoms with Gasteiger partial charge < -0.3 is 10.0 Å². The molecule has 0 unspecified atom stereocenters. The van der Waals surface area contributed by atoms with Gasteiger partial charge >= 0.3 is 5.97 Å². The summed E-state index contributed by atoms with van der Waals surface area (Å²) in [6.45, 7) is 2.57. The average Bonchev–Trinajstić information content (AvgIpc) is 3.38. The number of carbonyl (C=O) groups is 2. The summed E-state index contributed by atoms with van der Waals surface area (Å²) in [4.78, 5) is 27.6. The first-order valence-electron chi connectivity index (χ1n) is 8.42. The third-order valence-corrected chi connectivity index (χ3v) is 4.76. The minimum absolute atomic E-state index is 0.0121. The minimum Gasteiger partial charge on any atom is -0.480 e. The Kier molecular flexibility index (Phi) is 4.96. The predicted molar refractivity (Wildman–Crippen MR) is 86.8 cm³/mol. The Labute approximate surface area is 136 Å². The van der Waals surface area contributed by atoms with Crippen molar-refractivity contribution in [3.63, 3.8) is 0 Å². The SMILES string of the molecule is O=C(O)CN(C(=O)C1CCN(Cc2ccccc2)CC1)C1CC1. The molecule has 2 aliphatic rings. The summed E-state index contributed by atoms with van der Waals surface area (Å²) >= 11 is 0. The molecule has 23 heavy (non-hydrogen) atoms. The number of aliphatic carboxylic acids is 1. The fourth-order valence-corrected chi connectivity index (χ4v) is 3.33. The number of rotatable bonds is 6. The van der Waals surface area contributed by atoms with Crippen LogP contribution in [0, 0.1) is 5.92 Å². The lowest BCUT2D eigenvalue weighted by Gasteiger charge is -2.34. The van der Waals surface area contributed by atoms with Crippen LogP contribution < -0.4 is 0 Å². The van der Waals surface area contributed by atoms with Gasteiger partial charge in [0.15, 0.2) is 0 Å². The molecular weight excluding hydrogens is 292 g/mol.